The van der Waals surface area contributed by atoms with Crippen molar-refractivity contribution < 1.29 is 9.21 Å². The molecule has 0 bridgehead atoms. The molecule has 14 heavy (non-hydrogen) atoms. The van der Waals surface area contributed by atoms with Crippen LogP contribution >= 0.6 is 0 Å². The van der Waals surface area contributed by atoms with Crippen molar-refractivity contribution in [3.63, 3.8) is 0 Å². The summed E-state index contributed by atoms with van der Waals surface area (Å²) in [4.78, 5) is 14.4. The fourth-order valence-corrected chi connectivity index (χ4v) is 1.26. The van der Waals surface area contributed by atoms with Crippen molar-refractivity contribution in [2.45, 2.75) is 6.92 Å². The Balaban J connectivity index is 2.49. The number of carbonyl (C=O) groups is 1. The van der Waals surface area contributed by atoms with Gasteiger partial charge < -0.3 is 4.42 Å². The maximum absolute atomic E-state index is 10.6. The second-order valence-electron chi connectivity index (χ2n) is 3.05. The number of rotatable bonds is 2. The largest absolute Gasteiger partial charge is 0.443 e. The van der Waals surface area contributed by atoms with Gasteiger partial charge in [-0.25, -0.2) is 4.98 Å². The van der Waals surface area contributed by atoms with Crippen LogP contribution in [0.4, 0.5) is 0 Å². The molecule has 0 N–H and O–H groups in total. The molecular weight excluding hydrogens is 178 g/mol. The summed E-state index contributed by atoms with van der Waals surface area (Å²) in [5.41, 5.74) is 2.38. The number of hydrogen-bond donors (Lipinski definition) is 0. The minimum absolute atomic E-state index is 0.342. The number of nitrogens with zero attached hydrogens (tertiary/aromatic N) is 1. The molecule has 0 unspecified atom stereocenters. The summed E-state index contributed by atoms with van der Waals surface area (Å²) in [7, 11) is 0. The quantitative estimate of drug-likeness (QED) is 0.678. The first-order valence-corrected chi connectivity index (χ1v) is 4.27. The predicted octanol–water partition coefficient (Wildman–Crippen LogP) is 2.46. The van der Waals surface area contributed by atoms with E-state index in [1.165, 1.54) is 12.0 Å². The summed E-state index contributed by atoms with van der Waals surface area (Å²) in [5, 5.41) is 0. The van der Waals surface area contributed by atoms with Crippen LogP contribution < -0.4 is 0 Å². The van der Waals surface area contributed by atoms with Crippen LogP contribution in [-0.4, -0.2) is 11.3 Å². The van der Waals surface area contributed by atoms with Gasteiger partial charge in [0, 0.05) is 5.56 Å². The third-order valence-corrected chi connectivity index (χ3v) is 2.02. The van der Waals surface area contributed by atoms with Gasteiger partial charge in [-0.1, -0.05) is 29.8 Å². The lowest BCUT2D eigenvalue weighted by Gasteiger charge is -1.97. The van der Waals surface area contributed by atoms with Crippen molar-refractivity contribution >= 4 is 6.29 Å². The van der Waals surface area contributed by atoms with E-state index in [-0.39, 0.29) is 0 Å². The molecule has 0 aliphatic carbocycles. The van der Waals surface area contributed by atoms with Gasteiger partial charge in [0.25, 0.3) is 0 Å². The van der Waals surface area contributed by atoms with E-state index < -0.39 is 0 Å². The molecule has 0 saturated carbocycles. The molecule has 0 aliphatic heterocycles. The highest BCUT2D eigenvalue weighted by molar-refractivity contribution is 5.82. The van der Waals surface area contributed by atoms with Gasteiger partial charge in [-0.05, 0) is 6.92 Å². The molecule has 3 nitrogen and oxygen atoms in total. The minimum atomic E-state index is 0.342. The van der Waals surface area contributed by atoms with Crippen LogP contribution in [0.2, 0.25) is 0 Å². The van der Waals surface area contributed by atoms with E-state index in [1.54, 1.807) is 0 Å². The summed E-state index contributed by atoms with van der Waals surface area (Å²) < 4.78 is 5.14. The number of aromatic nitrogens is 1. The normalized spacial score (nSPS) is 10.1. The van der Waals surface area contributed by atoms with Gasteiger partial charge in [-0.15, -0.1) is 0 Å². The molecule has 0 amide bonds. The van der Waals surface area contributed by atoms with Crippen LogP contribution in [-0.2, 0) is 0 Å². The van der Waals surface area contributed by atoms with Crippen molar-refractivity contribution in [3.8, 4) is 11.3 Å². The first-order chi connectivity index (χ1) is 6.81. The summed E-state index contributed by atoms with van der Waals surface area (Å²) in [6.07, 6.45) is 1.97. The average molecular weight is 187 g/mol. The van der Waals surface area contributed by atoms with Crippen LogP contribution in [0, 0.1) is 6.92 Å². The zero-order valence-electron chi connectivity index (χ0n) is 7.73. The van der Waals surface area contributed by atoms with Crippen molar-refractivity contribution in [1.29, 1.82) is 0 Å². The fourth-order valence-electron chi connectivity index (χ4n) is 1.26. The number of carbonyl (C=O) groups excluding carboxylic acids is 1. The molecular formula is C11H9NO2. The maximum atomic E-state index is 10.6. The highest BCUT2D eigenvalue weighted by Gasteiger charge is 2.08. The maximum Gasteiger partial charge on any atom is 0.182 e. The number of aldehydes is 1. The van der Waals surface area contributed by atoms with Gasteiger partial charge in [-0.3, -0.25) is 4.79 Å². The Hall–Kier alpha value is -1.90. The molecule has 0 saturated heterocycles. The minimum Gasteiger partial charge on any atom is -0.443 e. The third kappa shape index (κ3) is 1.44. The predicted molar refractivity (Wildman–Crippen MR) is 52.1 cm³/mol. The van der Waals surface area contributed by atoms with E-state index >= 15 is 0 Å². The van der Waals surface area contributed by atoms with Crippen LogP contribution in [0.25, 0.3) is 11.3 Å². The zero-order valence-corrected chi connectivity index (χ0v) is 7.73. The number of aryl methyl sites for hydroxylation is 1. The van der Waals surface area contributed by atoms with Crippen molar-refractivity contribution in [2.24, 2.45) is 0 Å². The fraction of sp³-hybridized carbons (Fsp3) is 0.0909. The van der Waals surface area contributed by atoms with E-state index in [1.807, 2.05) is 31.2 Å². The molecule has 3 heteroatoms. The Kier molecular flexibility index (Phi) is 2.14. The number of benzene rings is 1. The van der Waals surface area contributed by atoms with Gasteiger partial charge >= 0.3 is 0 Å². The topological polar surface area (TPSA) is 43.1 Å². The van der Waals surface area contributed by atoms with Crippen LogP contribution in [0.5, 0.6) is 0 Å². The van der Waals surface area contributed by atoms with E-state index in [0.29, 0.717) is 17.7 Å². The smallest absolute Gasteiger partial charge is 0.182 e. The van der Waals surface area contributed by atoms with E-state index in [0.717, 1.165) is 5.56 Å². The van der Waals surface area contributed by atoms with Gasteiger partial charge in [0.15, 0.2) is 18.4 Å². The molecule has 70 valence electrons. The number of hydrogen-bond acceptors (Lipinski definition) is 3. The molecule has 0 radical (unpaired) electrons. The molecule has 0 spiro atoms. The van der Waals surface area contributed by atoms with Gasteiger partial charge in [0.1, 0.15) is 5.69 Å². The molecule has 0 aliphatic rings. The molecule has 1 aromatic carbocycles. The van der Waals surface area contributed by atoms with E-state index in [9.17, 15) is 4.79 Å². The second-order valence-corrected chi connectivity index (χ2v) is 3.05. The first kappa shape index (κ1) is 8.69. The van der Waals surface area contributed by atoms with Crippen LogP contribution in [0.3, 0.4) is 0 Å². The monoisotopic (exact) mass is 187 g/mol. The summed E-state index contributed by atoms with van der Waals surface area (Å²) in [5.74, 6) is 0.528. The standard InChI is InChI=1S/C11H9NO2/c1-8-2-4-9(5-3-8)11-10(6-13)12-7-14-11/h2-7H,1H3. The van der Waals surface area contributed by atoms with Gasteiger partial charge in [0.2, 0.25) is 0 Å². The van der Waals surface area contributed by atoms with Crippen molar-refractivity contribution in [2.75, 3.05) is 0 Å². The lowest BCUT2D eigenvalue weighted by atomic mass is 10.1. The number of oxazole rings is 1. The summed E-state index contributed by atoms with van der Waals surface area (Å²) in [6, 6.07) is 7.74. The van der Waals surface area contributed by atoms with Gasteiger partial charge in [-0.2, -0.15) is 0 Å². The van der Waals surface area contributed by atoms with Crippen molar-refractivity contribution in [3.05, 3.63) is 41.9 Å². The summed E-state index contributed by atoms with van der Waals surface area (Å²) >= 11 is 0. The van der Waals surface area contributed by atoms with Crippen LogP contribution in [0.15, 0.2) is 35.1 Å². The van der Waals surface area contributed by atoms with E-state index in [4.69, 9.17) is 4.42 Å². The second kappa shape index (κ2) is 3.46. The highest BCUT2D eigenvalue weighted by Crippen LogP contribution is 2.21. The van der Waals surface area contributed by atoms with Gasteiger partial charge in [0.05, 0.1) is 0 Å². The van der Waals surface area contributed by atoms with Crippen molar-refractivity contribution in [1.82, 2.24) is 4.98 Å². The molecule has 0 fully saturated rings. The average Bonchev–Trinajstić information content (AvgIpc) is 2.67. The Morgan fingerprint density at radius 3 is 2.64 bits per heavy atom. The summed E-state index contributed by atoms with van der Waals surface area (Å²) in [6.45, 7) is 2.00. The Morgan fingerprint density at radius 2 is 2.00 bits per heavy atom. The third-order valence-electron chi connectivity index (χ3n) is 2.02. The molecule has 1 aromatic heterocycles. The Bertz CT molecular complexity index is 443. The van der Waals surface area contributed by atoms with Crippen LogP contribution in [0.1, 0.15) is 16.1 Å². The van der Waals surface area contributed by atoms with E-state index in [2.05, 4.69) is 4.98 Å². The lowest BCUT2D eigenvalue weighted by Crippen LogP contribution is -1.83. The first-order valence-electron chi connectivity index (χ1n) is 4.27. The zero-order chi connectivity index (χ0) is 9.97. The lowest BCUT2D eigenvalue weighted by molar-refractivity contribution is 0.112. The Labute approximate surface area is 81.4 Å². The molecule has 0 atom stereocenters. The molecule has 2 rings (SSSR count). The highest BCUT2D eigenvalue weighted by atomic mass is 16.3. The molecule has 1 heterocycles. The SMILES string of the molecule is Cc1ccc(-c2ocnc2C=O)cc1. The molecule has 2 aromatic rings. The Morgan fingerprint density at radius 1 is 1.29 bits per heavy atom.